The number of nitrogens with one attached hydrogen (secondary N) is 1. The van der Waals surface area contributed by atoms with Crippen LogP contribution in [0.1, 0.15) is 26.8 Å². The molecule has 1 amide bonds. The molecule has 0 bridgehead atoms. The van der Waals surface area contributed by atoms with Crippen LogP contribution in [0.5, 0.6) is 11.5 Å². The van der Waals surface area contributed by atoms with Crippen molar-refractivity contribution in [1.29, 1.82) is 0 Å². The Morgan fingerprint density at radius 3 is 2.37 bits per heavy atom. The van der Waals surface area contributed by atoms with Crippen molar-refractivity contribution in [2.45, 2.75) is 37.2 Å². The van der Waals surface area contributed by atoms with E-state index in [1.165, 1.54) is 11.8 Å². The monoisotopic (exact) mass is 383 g/mol. The minimum atomic E-state index is -0.339. The Labute approximate surface area is 162 Å². The minimum Gasteiger partial charge on any atom is -0.457 e. The summed E-state index contributed by atoms with van der Waals surface area (Å²) in [6, 6.07) is 16.9. The zero-order valence-corrected chi connectivity index (χ0v) is 16.2. The second-order valence-electron chi connectivity index (χ2n) is 6.19. The lowest BCUT2D eigenvalue weighted by molar-refractivity contribution is -0.115. The standard InChI is InChI=1S/C19H21N5O2S/c1-13(2)24-19(21-22-23-24)27-14(3)18(25)20-15-9-11-17(12-10-15)26-16-7-5-4-6-8-16/h4-14H,1-3H3,(H,20,25). The smallest absolute Gasteiger partial charge is 0.237 e. The molecule has 0 aliphatic rings. The number of hydrogen-bond acceptors (Lipinski definition) is 6. The Morgan fingerprint density at radius 1 is 1.04 bits per heavy atom. The summed E-state index contributed by atoms with van der Waals surface area (Å²) in [6.07, 6.45) is 0. The Hall–Kier alpha value is -2.87. The van der Waals surface area contributed by atoms with Crippen LogP contribution in [0.15, 0.2) is 59.8 Å². The molecule has 0 saturated heterocycles. The van der Waals surface area contributed by atoms with Gasteiger partial charge in [-0.25, -0.2) is 4.68 Å². The topological polar surface area (TPSA) is 81.9 Å². The molecule has 1 atom stereocenters. The van der Waals surface area contributed by atoms with Gasteiger partial charge in [0.2, 0.25) is 11.1 Å². The van der Waals surface area contributed by atoms with Crippen molar-refractivity contribution in [3.63, 3.8) is 0 Å². The molecular formula is C19H21N5O2S. The maximum Gasteiger partial charge on any atom is 0.237 e. The maximum atomic E-state index is 12.5. The average Bonchev–Trinajstić information content (AvgIpc) is 3.12. The van der Waals surface area contributed by atoms with Crippen molar-refractivity contribution in [1.82, 2.24) is 20.2 Å². The van der Waals surface area contributed by atoms with Crippen LogP contribution in [0.2, 0.25) is 0 Å². The molecule has 0 saturated carbocycles. The number of tetrazole rings is 1. The molecule has 0 spiro atoms. The van der Waals surface area contributed by atoms with Gasteiger partial charge >= 0.3 is 0 Å². The zero-order chi connectivity index (χ0) is 19.2. The van der Waals surface area contributed by atoms with Crippen LogP contribution >= 0.6 is 11.8 Å². The summed E-state index contributed by atoms with van der Waals surface area (Å²) in [5, 5.41) is 14.8. The van der Waals surface area contributed by atoms with Gasteiger partial charge in [-0.2, -0.15) is 0 Å². The third-order valence-corrected chi connectivity index (χ3v) is 4.75. The molecule has 8 heteroatoms. The molecule has 0 fully saturated rings. The zero-order valence-electron chi connectivity index (χ0n) is 15.4. The number of nitrogens with zero attached hydrogens (tertiary/aromatic N) is 4. The van der Waals surface area contributed by atoms with E-state index in [0.29, 0.717) is 16.6 Å². The summed E-state index contributed by atoms with van der Waals surface area (Å²) in [4.78, 5) is 12.5. The first kappa shape index (κ1) is 18.9. The van der Waals surface area contributed by atoms with Gasteiger partial charge in [0, 0.05) is 5.69 Å². The van der Waals surface area contributed by atoms with Gasteiger partial charge in [-0.05, 0) is 67.6 Å². The molecular weight excluding hydrogens is 362 g/mol. The molecule has 0 aliphatic carbocycles. The Kier molecular flexibility index (Phi) is 6.08. The first-order valence-electron chi connectivity index (χ1n) is 8.61. The van der Waals surface area contributed by atoms with Crippen LogP contribution in [0.4, 0.5) is 5.69 Å². The third-order valence-electron chi connectivity index (χ3n) is 3.70. The van der Waals surface area contributed by atoms with Crippen LogP contribution in [0.25, 0.3) is 0 Å². The second kappa shape index (κ2) is 8.68. The van der Waals surface area contributed by atoms with Crippen LogP contribution in [0, 0.1) is 0 Å². The first-order chi connectivity index (χ1) is 13.0. The number of thioether (sulfide) groups is 1. The van der Waals surface area contributed by atoms with E-state index in [9.17, 15) is 4.79 Å². The summed E-state index contributed by atoms with van der Waals surface area (Å²) in [5.41, 5.74) is 0.705. The quantitative estimate of drug-likeness (QED) is 0.617. The van der Waals surface area contributed by atoms with E-state index in [1.807, 2.05) is 75.4 Å². The minimum absolute atomic E-state index is 0.116. The van der Waals surface area contributed by atoms with Gasteiger partial charge < -0.3 is 10.1 Å². The number of hydrogen-bond donors (Lipinski definition) is 1. The molecule has 1 unspecified atom stereocenters. The van der Waals surface area contributed by atoms with Crippen molar-refractivity contribution < 1.29 is 9.53 Å². The predicted molar refractivity (Wildman–Crippen MR) is 105 cm³/mol. The Morgan fingerprint density at radius 2 is 1.70 bits per heavy atom. The summed E-state index contributed by atoms with van der Waals surface area (Å²) in [5.74, 6) is 1.36. The second-order valence-corrected chi connectivity index (χ2v) is 7.50. The van der Waals surface area contributed by atoms with E-state index in [1.54, 1.807) is 4.68 Å². The number of ether oxygens (including phenoxy) is 1. The highest BCUT2D eigenvalue weighted by Crippen LogP contribution is 2.25. The van der Waals surface area contributed by atoms with Crippen LogP contribution in [0.3, 0.4) is 0 Å². The van der Waals surface area contributed by atoms with Crippen molar-refractivity contribution in [3.05, 3.63) is 54.6 Å². The van der Waals surface area contributed by atoms with Crippen molar-refractivity contribution >= 4 is 23.4 Å². The fourth-order valence-electron chi connectivity index (χ4n) is 2.27. The molecule has 1 aromatic heterocycles. The van der Waals surface area contributed by atoms with Gasteiger partial charge in [0.05, 0.1) is 11.3 Å². The van der Waals surface area contributed by atoms with E-state index in [-0.39, 0.29) is 17.2 Å². The number of carbonyl (C=O) groups excluding carboxylic acids is 1. The lowest BCUT2D eigenvalue weighted by atomic mass is 10.3. The number of para-hydroxylation sites is 1. The van der Waals surface area contributed by atoms with Gasteiger partial charge in [-0.15, -0.1) is 5.10 Å². The fourth-order valence-corrected chi connectivity index (χ4v) is 3.19. The molecule has 0 radical (unpaired) electrons. The van der Waals surface area contributed by atoms with Crippen molar-refractivity contribution in [3.8, 4) is 11.5 Å². The Bertz CT molecular complexity index is 881. The van der Waals surface area contributed by atoms with Crippen LogP contribution < -0.4 is 10.1 Å². The van der Waals surface area contributed by atoms with Crippen molar-refractivity contribution in [2.75, 3.05) is 5.32 Å². The molecule has 7 nitrogen and oxygen atoms in total. The van der Waals surface area contributed by atoms with Crippen LogP contribution in [-0.4, -0.2) is 31.4 Å². The maximum absolute atomic E-state index is 12.5. The molecule has 1 N–H and O–H groups in total. The molecule has 2 aromatic carbocycles. The van der Waals surface area contributed by atoms with Gasteiger partial charge in [0.1, 0.15) is 11.5 Å². The summed E-state index contributed by atoms with van der Waals surface area (Å²) >= 11 is 1.33. The lowest BCUT2D eigenvalue weighted by Crippen LogP contribution is -2.23. The summed E-state index contributed by atoms with van der Waals surface area (Å²) < 4.78 is 7.45. The van der Waals surface area contributed by atoms with Gasteiger partial charge in [0.15, 0.2) is 0 Å². The number of benzene rings is 2. The van der Waals surface area contributed by atoms with E-state index in [0.717, 1.165) is 5.75 Å². The molecule has 0 aliphatic heterocycles. The number of rotatable bonds is 7. The lowest BCUT2D eigenvalue weighted by Gasteiger charge is -2.13. The Balaban J connectivity index is 1.57. The molecule has 3 aromatic rings. The SMILES string of the molecule is CC(Sc1nnnn1C(C)C)C(=O)Nc1ccc(Oc2ccccc2)cc1. The predicted octanol–water partition coefficient (Wildman–Crippen LogP) is 4.17. The highest BCUT2D eigenvalue weighted by molar-refractivity contribution is 8.00. The van der Waals surface area contributed by atoms with E-state index < -0.39 is 0 Å². The average molecular weight is 383 g/mol. The van der Waals surface area contributed by atoms with E-state index in [2.05, 4.69) is 20.8 Å². The molecule has 140 valence electrons. The highest BCUT2D eigenvalue weighted by Gasteiger charge is 2.19. The molecule has 1 heterocycles. The molecule has 27 heavy (non-hydrogen) atoms. The first-order valence-corrected chi connectivity index (χ1v) is 9.49. The normalized spacial score (nSPS) is 12.0. The fraction of sp³-hybridized carbons (Fsp3) is 0.263. The van der Waals surface area contributed by atoms with Gasteiger partial charge in [0.25, 0.3) is 0 Å². The number of aromatic nitrogens is 4. The van der Waals surface area contributed by atoms with Gasteiger partial charge in [-0.1, -0.05) is 30.0 Å². The van der Waals surface area contributed by atoms with E-state index >= 15 is 0 Å². The van der Waals surface area contributed by atoms with E-state index in [4.69, 9.17) is 4.74 Å². The van der Waals surface area contributed by atoms with Gasteiger partial charge in [-0.3, -0.25) is 4.79 Å². The largest absolute Gasteiger partial charge is 0.457 e. The number of carbonyl (C=O) groups is 1. The summed E-state index contributed by atoms with van der Waals surface area (Å²) in [7, 11) is 0. The molecule has 3 rings (SSSR count). The third kappa shape index (κ3) is 5.07. The number of amides is 1. The van der Waals surface area contributed by atoms with Crippen molar-refractivity contribution in [2.24, 2.45) is 0 Å². The summed E-state index contributed by atoms with van der Waals surface area (Å²) in [6.45, 7) is 5.81. The van der Waals surface area contributed by atoms with Crippen LogP contribution in [-0.2, 0) is 4.79 Å². The highest BCUT2D eigenvalue weighted by atomic mass is 32.2. The number of anilines is 1.